The van der Waals surface area contributed by atoms with Crippen molar-refractivity contribution in [3.63, 3.8) is 0 Å². The second-order valence-corrected chi connectivity index (χ2v) is 9.40. The fourth-order valence-corrected chi connectivity index (χ4v) is 4.37. The standard InChI is InChI=1S/C29H33N3O2/c1-20(2)19-30-28(33)23-15-17-24(18-16-23)31-27-25-11-7-8-12-26(25)29(34)32(27)21(3)13-14-22-9-5-4-6-10-22/h4-12,15-18,20-21,27,31H,13-14,19H2,1-3H3,(H,30,33). The van der Waals surface area contributed by atoms with Gasteiger partial charge in [-0.25, -0.2) is 0 Å². The van der Waals surface area contributed by atoms with E-state index in [0.29, 0.717) is 18.0 Å². The Labute approximate surface area is 202 Å². The van der Waals surface area contributed by atoms with Crippen molar-refractivity contribution < 1.29 is 9.59 Å². The van der Waals surface area contributed by atoms with E-state index in [9.17, 15) is 9.59 Å². The number of hydrogen-bond acceptors (Lipinski definition) is 3. The highest BCUT2D eigenvalue weighted by Crippen LogP contribution is 2.36. The molecular formula is C29H33N3O2. The second kappa shape index (κ2) is 10.6. The zero-order valence-corrected chi connectivity index (χ0v) is 20.1. The van der Waals surface area contributed by atoms with Gasteiger partial charge in [0.2, 0.25) is 0 Å². The number of carbonyl (C=O) groups is 2. The van der Waals surface area contributed by atoms with Gasteiger partial charge < -0.3 is 15.5 Å². The summed E-state index contributed by atoms with van der Waals surface area (Å²) in [6.07, 6.45) is 1.53. The number of rotatable bonds is 9. The van der Waals surface area contributed by atoms with Crippen molar-refractivity contribution in [2.45, 2.75) is 45.8 Å². The van der Waals surface area contributed by atoms with E-state index in [1.807, 2.05) is 71.6 Å². The van der Waals surface area contributed by atoms with Gasteiger partial charge in [-0.3, -0.25) is 9.59 Å². The van der Waals surface area contributed by atoms with Crippen LogP contribution in [-0.2, 0) is 6.42 Å². The maximum absolute atomic E-state index is 13.4. The van der Waals surface area contributed by atoms with Crippen molar-refractivity contribution >= 4 is 17.5 Å². The number of carbonyl (C=O) groups excluding carboxylic acids is 2. The van der Waals surface area contributed by atoms with Crippen LogP contribution in [0, 0.1) is 5.92 Å². The molecule has 1 heterocycles. The number of hydrogen-bond donors (Lipinski definition) is 2. The minimum Gasteiger partial charge on any atom is -0.361 e. The molecule has 0 aliphatic carbocycles. The molecule has 2 amide bonds. The zero-order valence-electron chi connectivity index (χ0n) is 20.1. The molecule has 2 N–H and O–H groups in total. The van der Waals surface area contributed by atoms with Gasteiger partial charge in [-0.2, -0.15) is 0 Å². The summed E-state index contributed by atoms with van der Waals surface area (Å²) in [6, 6.07) is 25.7. The number of aryl methyl sites for hydroxylation is 1. The Morgan fingerprint density at radius 3 is 2.29 bits per heavy atom. The van der Waals surface area contributed by atoms with Crippen molar-refractivity contribution in [3.05, 3.63) is 101 Å². The summed E-state index contributed by atoms with van der Waals surface area (Å²) in [5, 5.41) is 6.49. The maximum atomic E-state index is 13.4. The monoisotopic (exact) mass is 455 g/mol. The van der Waals surface area contributed by atoms with Crippen molar-refractivity contribution in [1.29, 1.82) is 0 Å². The normalized spacial score (nSPS) is 15.8. The molecule has 0 aromatic heterocycles. The van der Waals surface area contributed by atoms with Gasteiger partial charge in [0.1, 0.15) is 6.17 Å². The van der Waals surface area contributed by atoms with Crippen LogP contribution in [-0.4, -0.2) is 29.3 Å². The van der Waals surface area contributed by atoms with Gasteiger partial charge >= 0.3 is 0 Å². The highest BCUT2D eigenvalue weighted by Gasteiger charge is 2.39. The topological polar surface area (TPSA) is 61.4 Å². The quantitative estimate of drug-likeness (QED) is 0.438. The van der Waals surface area contributed by atoms with E-state index in [1.165, 1.54) is 5.56 Å². The van der Waals surface area contributed by atoms with E-state index in [4.69, 9.17) is 0 Å². The third-order valence-corrected chi connectivity index (χ3v) is 6.29. The van der Waals surface area contributed by atoms with Crippen LogP contribution in [0.3, 0.4) is 0 Å². The van der Waals surface area contributed by atoms with Crippen LogP contribution >= 0.6 is 0 Å². The third-order valence-electron chi connectivity index (χ3n) is 6.29. The average Bonchev–Trinajstić information content (AvgIpc) is 3.13. The number of nitrogens with one attached hydrogen (secondary N) is 2. The van der Waals surface area contributed by atoms with Crippen molar-refractivity contribution in [2.75, 3.05) is 11.9 Å². The van der Waals surface area contributed by atoms with E-state index in [-0.39, 0.29) is 24.0 Å². The van der Waals surface area contributed by atoms with Crippen LogP contribution in [0.25, 0.3) is 0 Å². The number of nitrogens with zero attached hydrogens (tertiary/aromatic N) is 1. The fraction of sp³-hybridized carbons (Fsp3) is 0.310. The van der Waals surface area contributed by atoms with Crippen molar-refractivity contribution in [3.8, 4) is 0 Å². The molecule has 0 saturated carbocycles. The number of fused-ring (bicyclic) bond motifs is 1. The lowest BCUT2D eigenvalue weighted by molar-refractivity contribution is 0.0659. The van der Waals surface area contributed by atoms with Crippen LogP contribution < -0.4 is 10.6 Å². The molecule has 0 radical (unpaired) electrons. The lowest BCUT2D eigenvalue weighted by Gasteiger charge is -2.32. The van der Waals surface area contributed by atoms with E-state index < -0.39 is 0 Å². The molecule has 0 spiro atoms. The van der Waals surface area contributed by atoms with Gasteiger partial charge in [0.05, 0.1) is 0 Å². The first kappa shape index (κ1) is 23.6. The highest BCUT2D eigenvalue weighted by molar-refractivity contribution is 5.99. The SMILES string of the molecule is CC(C)CNC(=O)c1ccc(NC2c3ccccc3C(=O)N2C(C)CCc2ccccc2)cc1. The number of benzene rings is 3. The van der Waals surface area contributed by atoms with Gasteiger partial charge in [0.25, 0.3) is 11.8 Å². The maximum Gasteiger partial charge on any atom is 0.256 e. The first-order valence-electron chi connectivity index (χ1n) is 12.0. The molecule has 4 rings (SSSR count). The van der Waals surface area contributed by atoms with Crippen molar-refractivity contribution in [2.24, 2.45) is 5.92 Å². The molecule has 5 heteroatoms. The molecule has 5 nitrogen and oxygen atoms in total. The summed E-state index contributed by atoms with van der Waals surface area (Å²) in [7, 11) is 0. The van der Waals surface area contributed by atoms with E-state index in [1.54, 1.807) is 0 Å². The second-order valence-electron chi connectivity index (χ2n) is 9.40. The van der Waals surface area contributed by atoms with Gasteiger partial charge in [-0.05, 0) is 61.6 Å². The molecule has 3 aromatic rings. The molecule has 2 atom stereocenters. The third kappa shape index (κ3) is 5.30. The lowest BCUT2D eigenvalue weighted by atomic mass is 10.0. The number of amides is 2. The van der Waals surface area contributed by atoms with Gasteiger partial charge in [-0.1, -0.05) is 62.4 Å². The predicted octanol–water partition coefficient (Wildman–Crippen LogP) is 5.66. The van der Waals surface area contributed by atoms with Crippen LogP contribution in [0.4, 0.5) is 5.69 Å². The summed E-state index contributed by atoms with van der Waals surface area (Å²) in [4.78, 5) is 27.7. The summed E-state index contributed by atoms with van der Waals surface area (Å²) < 4.78 is 0. The smallest absolute Gasteiger partial charge is 0.256 e. The molecule has 1 aliphatic heterocycles. The summed E-state index contributed by atoms with van der Waals surface area (Å²) >= 11 is 0. The van der Waals surface area contributed by atoms with Gasteiger partial charge in [0.15, 0.2) is 0 Å². The van der Waals surface area contributed by atoms with Gasteiger partial charge in [-0.15, -0.1) is 0 Å². The molecule has 176 valence electrons. The minimum absolute atomic E-state index is 0.0540. The molecule has 0 bridgehead atoms. The predicted molar refractivity (Wildman–Crippen MR) is 137 cm³/mol. The summed E-state index contributed by atoms with van der Waals surface area (Å²) in [6.45, 7) is 6.90. The molecule has 0 saturated heterocycles. The summed E-state index contributed by atoms with van der Waals surface area (Å²) in [5.74, 6) is 0.385. The Balaban J connectivity index is 1.50. The molecule has 1 aliphatic rings. The Kier molecular flexibility index (Phi) is 7.31. The Morgan fingerprint density at radius 2 is 1.59 bits per heavy atom. The Bertz CT molecular complexity index is 1130. The molecule has 0 fully saturated rings. The molecule has 34 heavy (non-hydrogen) atoms. The van der Waals surface area contributed by atoms with Crippen LogP contribution in [0.15, 0.2) is 78.9 Å². The Hall–Kier alpha value is -3.60. The fourth-order valence-electron chi connectivity index (χ4n) is 4.37. The van der Waals surface area contributed by atoms with Crippen LogP contribution in [0.5, 0.6) is 0 Å². The van der Waals surface area contributed by atoms with E-state index >= 15 is 0 Å². The molecule has 3 aromatic carbocycles. The summed E-state index contributed by atoms with van der Waals surface area (Å²) in [5.41, 5.74) is 4.50. The largest absolute Gasteiger partial charge is 0.361 e. The van der Waals surface area contributed by atoms with Crippen LogP contribution in [0.2, 0.25) is 0 Å². The zero-order chi connectivity index (χ0) is 24.1. The lowest BCUT2D eigenvalue weighted by Crippen LogP contribution is -2.39. The van der Waals surface area contributed by atoms with Crippen LogP contribution in [0.1, 0.15) is 65.2 Å². The van der Waals surface area contributed by atoms with Gasteiger partial charge in [0, 0.05) is 35.0 Å². The Morgan fingerprint density at radius 1 is 0.912 bits per heavy atom. The highest BCUT2D eigenvalue weighted by atomic mass is 16.2. The van der Waals surface area contributed by atoms with E-state index in [0.717, 1.165) is 29.7 Å². The number of anilines is 1. The average molecular weight is 456 g/mol. The first-order chi connectivity index (χ1) is 16.4. The minimum atomic E-state index is -0.255. The molecular weight excluding hydrogens is 422 g/mol. The molecule has 2 unspecified atom stereocenters. The first-order valence-corrected chi connectivity index (χ1v) is 12.0. The van der Waals surface area contributed by atoms with E-state index in [2.05, 4.69) is 43.5 Å². The van der Waals surface area contributed by atoms with Crippen molar-refractivity contribution in [1.82, 2.24) is 10.2 Å².